The fourth-order valence-electron chi connectivity index (χ4n) is 6.45. The Morgan fingerprint density at radius 3 is 2.54 bits per heavy atom. The van der Waals surface area contributed by atoms with Gasteiger partial charge in [-0.05, 0) is 25.7 Å². The van der Waals surface area contributed by atoms with E-state index in [0.717, 1.165) is 12.8 Å². The SMILES string of the molecule is C[C@@H]1CCC2[C@@H](C)[C@H](N3CCS(=O)(=O)CC3)O[C@@H]3O[C@@]4(C)C[C@@H](O)C1[C@@]23OO4. The highest BCUT2D eigenvalue weighted by Crippen LogP contribution is 2.60. The molecule has 5 aliphatic heterocycles. The normalized spacial score (nSPS) is 56.1. The van der Waals surface area contributed by atoms with Crippen LogP contribution in [0.3, 0.4) is 0 Å². The maximum absolute atomic E-state index is 11.9. The second-order valence-electron chi connectivity index (χ2n) is 9.64. The summed E-state index contributed by atoms with van der Waals surface area (Å²) in [5.74, 6) is -0.359. The molecule has 0 aromatic rings. The van der Waals surface area contributed by atoms with Crippen molar-refractivity contribution in [2.75, 3.05) is 24.6 Å². The van der Waals surface area contributed by atoms with Crippen molar-refractivity contribution in [3.63, 3.8) is 0 Å². The molecule has 1 aliphatic carbocycles. The number of hydrogen-bond donors (Lipinski definition) is 1. The van der Waals surface area contributed by atoms with Crippen molar-refractivity contribution in [2.45, 2.75) is 70.0 Å². The molecule has 6 rings (SSSR count). The van der Waals surface area contributed by atoms with Gasteiger partial charge in [0.2, 0.25) is 5.79 Å². The maximum atomic E-state index is 11.9. The molecule has 0 radical (unpaired) electrons. The van der Waals surface area contributed by atoms with Gasteiger partial charge >= 0.3 is 0 Å². The van der Waals surface area contributed by atoms with Gasteiger partial charge in [0, 0.05) is 37.3 Å². The average molecular weight is 418 g/mol. The summed E-state index contributed by atoms with van der Waals surface area (Å²) >= 11 is 0. The van der Waals surface area contributed by atoms with Gasteiger partial charge in [-0.2, -0.15) is 0 Å². The van der Waals surface area contributed by atoms with E-state index < -0.39 is 33.6 Å². The van der Waals surface area contributed by atoms with Crippen molar-refractivity contribution in [2.24, 2.45) is 23.7 Å². The number of aliphatic hydroxyl groups excluding tert-OH is 1. The molecule has 6 aliphatic rings. The van der Waals surface area contributed by atoms with Gasteiger partial charge in [-0.25, -0.2) is 18.2 Å². The van der Waals surface area contributed by atoms with Crippen LogP contribution >= 0.6 is 0 Å². The molecule has 6 fully saturated rings. The van der Waals surface area contributed by atoms with Crippen molar-refractivity contribution in [3.8, 4) is 0 Å². The fourth-order valence-corrected chi connectivity index (χ4v) is 7.68. The first-order chi connectivity index (χ1) is 13.2. The van der Waals surface area contributed by atoms with E-state index in [1.807, 2.05) is 0 Å². The summed E-state index contributed by atoms with van der Waals surface area (Å²) in [7, 11) is -2.96. The van der Waals surface area contributed by atoms with Gasteiger partial charge in [0.15, 0.2) is 21.7 Å². The molecule has 2 unspecified atom stereocenters. The average Bonchev–Trinajstić information content (AvgIpc) is 2.79. The number of aliphatic hydroxyl groups is 1. The molecular weight excluding hydrogens is 386 g/mol. The highest BCUT2D eigenvalue weighted by atomic mass is 32.2. The third-order valence-corrected chi connectivity index (χ3v) is 9.42. The maximum Gasteiger partial charge on any atom is 0.204 e. The van der Waals surface area contributed by atoms with Gasteiger partial charge in [-0.1, -0.05) is 13.8 Å². The number of fused-ring (bicyclic) bond motifs is 2. The lowest BCUT2D eigenvalue weighted by Crippen LogP contribution is -2.73. The van der Waals surface area contributed by atoms with Gasteiger partial charge in [0.25, 0.3) is 0 Å². The quantitative estimate of drug-likeness (QED) is 0.629. The first kappa shape index (κ1) is 19.7. The molecule has 8 nitrogen and oxygen atoms in total. The van der Waals surface area contributed by atoms with E-state index in [1.54, 1.807) is 6.92 Å². The predicted octanol–water partition coefficient (Wildman–Crippen LogP) is 0.896. The molecule has 2 bridgehead atoms. The molecule has 9 atom stereocenters. The molecule has 5 saturated heterocycles. The minimum absolute atomic E-state index is 0.105. The standard InChI is InChI=1S/C19H31NO7S/c1-11-4-5-13-12(2)16(20-6-8-28(22,23)9-7-20)24-17-19(13)15(11)14(21)10-18(3,25-17)26-27-19/h11-17,21H,4-10H2,1-3H3/t11-,12-,13?,14-,15?,16-,17-,18-,19+/m1/s1. The molecule has 9 heteroatoms. The third kappa shape index (κ3) is 2.74. The number of rotatable bonds is 1. The van der Waals surface area contributed by atoms with Crippen molar-refractivity contribution >= 4 is 9.84 Å². The molecule has 28 heavy (non-hydrogen) atoms. The van der Waals surface area contributed by atoms with Gasteiger partial charge in [-0.15, -0.1) is 0 Å². The Kier molecular flexibility index (Phi) is 4.46. The zero-order valence-corrected chi connectivity index (χ0v) is 17.6. The van der Waals surface area contributed by atoms with Crippen LogP contribution in [0, 0.1) is 23.7 Å². The Labute approximate surface area is 166 Å². The van der Waals surface area contributed by atoms with Crippen LogP contribution in [-0.2, 0) is 29.1 Å². The van der Waals surface area contributed by atoms with E-state index in [1.165, 1.54) is 0 Å². The molecule has 0 amide bonds. The van der Waals surface area contributed by atoms with E-state index in [-0.39, 0.29) is 41.4 Å². The number of ether oxygens (including phenoxy) is 2. The summed E-state index contributed by atoms with van der Waals surface area (Å²) in [5.41, 5.74) is -0.828. The van der Waals surface area contributed by atoms with Gasteiger partial charge in [-0.3, -0.25) is 4.90 Å². The van der Waals surface area contributed by atoms with Crippen molar-refractivity contribution < 1.29 is 32.8 Å². The van der Waals surface area contributed by atoms with Gasteiger partial charge < -0.3 is 14.6 Å². The van der Waals surface area contributed by atoms with Crippen LogP contribution < -0.4 is 0 Å². The minimum atomic E-state index is -2.96. The van der Waals surface area contributed by atoms with E-state index in [2.05, 4.69) is 18.7 Å². The Morgan fingerprint density at radius 2 is 1.82 bits per heavy atom. The monoisotopic (exact) mass is 417 g/mol. The van der Waals surface area contributed by atoms with Crippen LogP contribution in [0.4, 0.5) is 0 Å². The highest BCUT2D eigenvalue weighted by Gasteiger charge is 2.71. The summed E-state index contributed by atoms with van der Waals surface area (Å²) in [6, 6.07) is 0. The topological polar surface area (TPSA) is 94.5 Å². The fraction of sp³-hybridized carbons (Fsp3) is 1.00. The van der Waals surface area contributed by atoms with E-state index >= 15 is 0 Å². The summed E-state index contributed by atoms with van der Waals surface area (Å²) in [4.78, 5) is 14.0. The Balaban J connectivity index is 1.51. The van der Waals surface area contributed by atoms with E-state index in [0.29, 0.717) is 19.5 Å². The third-order valence-electron chi connectivity index (χ3n) is 7.81. The lowest BCUT2D eigenvalue weighted by Gasteiger charge is -2.61. The van der Waals surface area contributed by atoms with Crippen LogP contribution in [-0.4, -0.2) is 73.0 Å². The summed E-state index contributed by atoms with van der Waals surface area (Å²) in [5, 5.41) is 11.0. The van der Waals surface area contributed by atoms with Crippen LogP contribution in [0.15, 0.2) is 0 Å². The lowest BCUT2D eigenvalue weighted by molar-refractivity contribution is -0.574. The summed E-state index contributed by atoms with van der Waals surface area (Å²) < 4.78 is 36.5. The van der Waals surface area contributed by atoms with Gasteiger partial charge in [0.1, 0.15) is 6.23 Å². The molecular formula is C19H31NO7S. The van der Waals surface area contributed by atoms with Crippen LogP contribution in [0.25, 0.3) is 0 Å². The second-order valence-corrected chi connectivity index (χ2v) is 11.9. The first-order valence-electron chi connectivity index (χ1n) is 10.5. The second kappa shape index (κ2) is 6.35. The largest absolute Gasteiger partial charge is 0.392 e. The first-order valence-corrected chi connectivity index (χ1v) is 12.3. The molecule has 1 N–H and O–H groups in total. The highest BCUT2D eigenvalue weighted by molar-refractivity contribution is 7.91. The Bertz CT molecular complexity index is 733. The summed E-state index contributed by atoms with van der Waals surface area (Å²) in [6.45, 7) is 7.03. The zero-order valence-electron chi connectivity index (χ0n) is 16.7. The minimum Gasteiger partial charge on any atom is -0.392 e. The Hall–Kier alpha value is -0.290. The number of nitrogens with zero attached hydrogens (tertiary/aromatic N) is 1. The van der Waals surface area contributed by atoms with Crippen LogP contribution in [0.5, 0.6) is 0 Å². The smallest absolute Gasteiger partial charge is 0.204 e. The zero-order chi connectivity index (χ0) is 19.9. The van der Waals surface area contributed by atoms with Crippen LogP contribution in [0.1, 0.15) is 40.0 Å². The Morgan fingerprint density at radius 1 is 1.11 bits per heavy atom. The van der Waals surface area contributed by atoms with Crippen molar-refractivity contribution in [3.05, 3.63) is 0 Å². The number of sulfone groups is 1. The number of hydrogen-bond acceptors (Lipinski definition) is 8. The molecule has 5 heterocycles. The lowest BCUT2D eigenvalue weighted by atomic mass is 9.57. The molecule has 0 aromatic heterocycles. The molecule has 0 aromatic carbocycles. The molecule has 1 spiro atoms. The molecule has 160 valence electrons. The van der Waals surface area contributed by atoms with Crippen molar-refractivity contribution in [1.29, 1.82) is 0 Å². The van der Waals surface area contributed by atoms with E-state index in [4.69, 9.17) is 19.2 Å². The van der Waals surface area contributed by atoms with E-state index in [9.17, 15) is 13.5 Å². The van der Waals surface area contributed by atoms with Crippen molar-refractivity contribution in [1.82, 2.24) is 4.90 Å². The van der Waals surface area contributed by atoms with Gasteiger partial charge in [0.05, 0.1) is 17.6 Å². The van der Waals surface area contributed by atoms with Crippen LogP contribution in [0.2, 0.25) is 0 Å². The molecule has 1 saturated carbocycles. The predicted molar refractivity (Wildman–Crippen MR) is 98.4 cm³/mol. The summed E-state index contributed by atoms with van der Waals surface area (Å²) in [6.07, 6.45) is 0.846.